The normalized spacial score (nSPS) is 16.8. The number of rotatable bonds is 19. The Kier molecular flexibility index (Phi) is 14.6. The van der Waals surface area contributed by atoms with Crippen molar-refractivity contribution >= 4 is 57.3 Å². The van der Waals surface area contributed by atoms with E-state index in [4.69, 9.17) is 52.1 Å². The summed E-state index contributed by atoms with van der Waals surface area (Å²) >= 11 is 14.6. The predicted octanol–water partition coefficient (Wildman–Crippen LogP) is 8.76. The summed E-state index contributed by atoms with van der Waals surface area (Å²) in [6.07, 6.45) is 5.91. The zero-order valence-electron chi connectivity index (χ0n) is 37.1. The van der Waals surface area contributed by atoms with Crippen LogP contribution in [0.25, 0.3) is 27.4 Å². The number of hydrogen-bond donors (Lipinski definition) is 2. The quantitative estimate of drug-likeness (QED) is 0.0754. The average Bonchev–Trinajstić information content (AvgIpc) is 3.94. The van der Waals surface area contributed by atoms with E-state index in [1.54, 1.807) is 11.3 Å². The van der Waals surface area contributed by atoms with Gasteiger partial charge in [-0.2, -0.15) is 4.98 Å². The molecule has 1 atom stereocenters. The van der Waals surface area contributed by atoms with Gasteiger partial charge in [0.25, 0.3) is 6.01 Å². The molecule has 1 aliphatic carbocycles. The first-order chi connectivity index (χ1) is 31.7. The maximum absolute atomic E-state index is 13.2. The van der Waals surface area contributed by atoms with Gasteiger partial charge in [-0.25, -0.2) is 4.98 Å². The van der Waals surface area contributed by atoms with Crippen LogP contribution in [0.2, 0.25) is 10.0 Å². The smallest absolute Gasteiger partial charge is 0.296 e. The van der Waals surface area contributed by atoms with Gasteiger partial charge in [-0.05, 0) is 101 Å². The molecule has 2 aromatic carbocycles. The molecule has 14 nitrogen and oxygen atoms in total. The summed E-state index contributed by atoms with van der Waals surface area (Å²) in [7, 11) is 0. The molecule has 1 saturated heterocycles. The minimum atomic E-state index is -0.526. The van der Waals surface area contributed by atoms with E-state index >= 15 is 0 Å². The maximum Gasteiger partial charge on any atom is 0.296 e. The fourth-order valence-electron chi connectivity index (χ4n) is 8.58. The van der Waals surface area contributed by atoms with Crippen molar-refractivity contribution < 1.29 is 23.7 Å². The predicted molar refractivity (Wildman–Crippen MR) is 254 cm³/mol. The highest BCUT2D eigenvalue weighted by molar-refractivity contribution is 7.15. The third-order valence-corrected chi connectivity index (χ3v) is 14.3. The highest BCUT2D eigenvalue weighted by atomic mass is 35.5. The van der Waals surface area contributed by atoms with Gasteiger partial charge in [0.15, 0.2) is 11.5 Å². The van der Waals surface area contributed by atoms with Gasteiger partial charge < -0.3 is 34.1 Å². The van der Waals surface area contributed by atoms with Gasteiger partial charge in [0.1, 0.15) is 23.0 Å². The number of hydrogen-bond acceptors (Lipinski definition) is 12. The second-order valence-corrected chi connectivity index (χ2v) is 19.0. The summed E-state index contributed by atoms with van der Waals surface area (Å²) < 4.78 is 25.3. The summed E-state index contributed by atoms with van der Waals surface area (Å²) in [4.78, 5) is 34.6. The first-order valence-electron chi connectivity index (χ1n) is 22.6. The van der Waals surface area contributed by atoms with E-state index < -0.39 is 6.04 Å². The van der Waals surface area contributed by atoms with Crippen molar-refractivity contribution in [2.45, 2.75) is 77.4 Å². The van der Waals surface area contributed by atoms with Crippen LogP contribution in [0, 0.1) is 20.8 Å². The molecular weight excluding hydrogens is 886 g/mol. The van der Waals surface area contributed by atoms with Crippen LogP contribution in [0.15, 0.2) is 59.6 Å². The van der Waals surface area contributed by atoms with E-state index in [0.717, 1.165) is 95.3 Å². The average molecular weight is 941 g/mol. The van der Waals surface area contributed by atoms with Crippen LogP contribution >= 0.6 is 34.5 Å². The third kappa shape index (κ3) is 10.6. The fourth-order valence-corrected chi connectivity index (χ4v) is 10.2. The number of nitrogens with zero attached hydrogens (tertiary/aromatic N) is 7. The van der Waals surface area contributed by atoms with E-state index in [1.165, 1.54) is 16.9 Å². The number of nitrogens with one attached hydrogen (secondary N) is 2. The second kappa shape index (κ2) is 20.8. The Bertz CT molecular complexity index is 2620. The molecule has 6 aromatic rings. The van der Waals surface area contributed by atoms with Crippen LogP contribution in [-0.2, 0) is 19.0 Å². The van der Waals surface area contributed by atoms with E-state index in [9.17, 15) is 4.79 Å². The number of H-pyrrole nitrogens is 1. The number of likely N-dealkylation sites (tertiary alicyclic amines) is 1. The zero-order chi connectivity index (χ0) is 44.9. The number of amides is 1. The number of benzene rings is 2. The number of pyridine rings is 1. The molecule has 4 aromatic heterocycles. The molecule has 3 aliphatic rings. The number of imidazole rings is 1. The lowest BCUT2D eigenvalue weighted by atomic mass is 9.89. The number of carbonyl (C=O) groups excluding carboxylic acids is 1. The lowest BCUT2D eigenvalue weighted by Crippen LogP contribution is -2.35. The highest BCUT2D eigenvalue weighted by Crippen LogP contribution is 2.40. The van der Waals surface area contributed by atoms with Crippen LogP contribution in [0.1, 0.15) is 89.3 Å². The molecule has 0 bridgehead atoms. The molecule has 1 amide bonds. The number of ether oxygens (including phenoxy) is 4. The van der Waals surface area contributed by atoms with E-state index in [2.05, 4.69) is 68.5 Å². The Hall–Kier alpha value is -4.74. The standard InChI is InChI=1S/C48H55Cl2N9O5S/c1-29-30(2)65-47-42(29)44(35-11-13-36(49)14-12-35)52-40(46-57-56-31(3)59(46)47)28-41(60)51-17-21-61-23-25-63-26-24-62-22-20-58-18-15-33(16-19-58)32-7-9-34(10-8-32)43-38(50)27-39-45(54-43)55-48(53-39)64-37-5-4-6-37/h7-14,27,33,37,40H,4-6,15-26,28H2,1-3H3,(H,51,60)(H,53,54,55)/t40-/m0/s1. The highest BCUT2D eigenvalue weighted by Gasteiger charge is 2.32. The molecule has 0 unspecified atom stereocenters. The van der Waals surface area contributed by atoms with Crippen molar-refractivity contribution in [1.29, 1.82) is 0 Å². The van der Waals surface area contributed by atoms with Crippen molar-refractivity contribution in [1.82, 2.24) is 39.9 Å². The Morgan fingerprint density at radius 1 is 0.862 bits per heavy atom. The van der Waals surface area contributed by atoms with Crippen LogP contribution < -0.4 is 10.1 Å². The minimum Gasteiger partial charge on any atom is -0.461 e. The molecule has 2 N–H and O–H groups in total. The molecule has 17 heteroatoms. The minimum absolute atomic E-state index is 0.122. The Morgan fingerprint density at radius 2 is 1.57 bits per heavy atom. The molecule has 0 spiro atoms. The number of thiophene rings is 1. The number of aryl methyl sites for hydroxylation is 2. The van der Waals surface area contributed by atoms with Gasteiger partial charge in [0, 0.05) is 39.7 Å². The largest absolute Gasteiger partial charge is 0.461 e. The first-order valence-corrected chi connectivity index (χ1v) is 24.2. The molecule has 0 radical (unpaired) electrons. The summed E-state index contributed by atoms with van der Waals surface area (Å²) in [5.41, 5.74) is 8.38. The second-order valence-electron chi connectivity index (χ2n) is 16.9. The van der Waals surface area contributed by atoms with E-state index in [-0.39, 0.29) is 18.4 Å². The summed E-state index contributed by atoms with van der Waals surface area (Å²) in [5, 5.41) is 14.1. The van der Waals surface area contributed by atoms with Crippen molar-refractivity contribution in [2.75, 3.05) is 65.8 Å². The maximum atomic E-state index is 13.2. The Morgan fingerprint density at radius 3 is 2.29 bits per heavy atom. The van der Waals surface area contributed by atoms with E-state index in [0.29, 0.717) is 79.6 Å². The molecule has 342 valence electrons. The lowest BCUT2D eigenvalue weighted by Gasteiger charge is -2.32. The number of halogens is 2. The van der Waals surface area contributed by atoms with E-state index in [1.807, 2.05) is 41.8 Å². The van der Waals surface area contributed by atoms with Crippen molar-refractivity contribution in [2.24, 2.45) is 4.99 Å². The van der Waals surface area contributed by atoms with Crippen LogP contribution in [0.5, 0.6) is 6.01 Å². The summed E-state index contributed by atoms with van der Waals surface area (Å²) in [6, 6.07) is 18.2. The summed E-state index contributed by atoms with van der Waals surface area (Å²) in [5.74, 6) is 1.78. The van der Waals surface area contributed by atoms with Crippen molar-refractivity contribution in [3.05, 3.63) is 103 Å². The molecular formula is C48H55Cl2N9O5S. The monoisotopic (exact) mass is 939 g/mol. The lowest BCUT2D eigenvalue weighted by molar-refractivity contribution is -0.121. The number of aliphatic imine (C=N–C) groups is 1. The van der Waals surface area contributed by atoms with Gasteiger partial charge in [-0.15, -0.1) is 21.5 Å². The van der Waals surface area contributed by atoms with Crippen molar-refractivity contribution in [3.63, 3.8) is 0 Å². The van der Waals surface area contributed by atoms with Crippen LogP contribution in [0.3, 0.4) is 0 Å². The first kappa shape index (κ1) is 45.4. The molecule has 2 fully saturated rings. The summed E-state index contributed by atoms with van der Waals surface area (Å²) in [6.45, 7) is 12.4. The Labute approximate surface area is 393 Å². The van der Waals surface area contributed by atoms with Gasteiger partial charge in [0.2, 0.25) is 5.91 Å². The van der Waals surface area contributed by atoms with Gasteiger partial charge in [0.05, 0.1) is 68.0 Å². The molecule has 6 heterocycles. The topological polar surface area (TPSA) is 154 Å². The van der Waals surface area contributed by atoms with Crippen molar-refractivity contribution in [3.8, 4) is 22.3 Å². The molecule has 9 rings (SSSR count). The number of piperidine rings is 1. The Balaban J connectivity index is 0.637. The SMILES string of the molecule is Cc1sc2c(c1C)C(c1ccc(Cl)cc1)=N[C@@H](CC(=O)NCCOCCOCCOCCN1CCC(c3ccc(-c4nc5nc(OC6CCC6)[nH]c5cc4Cl)cc3)CC1)c1nnc(C)n1-2. The number of fused-ring (bicyclic) bond motifs is 4. The van der Waals surface area contributed by atoms with Gasteiger partial charge in [-0.3, -0.25) is 14.4 Å². The molecule has 2 aliphatic heterocycles. The zero-order valence-corrected chi connectivity index (χ0v) is 39.4. The number of aromatic nitrogens is 6. The number of carbonyl (C=O) groups is 1. The third-order valence-electron chi connectivity index (χ3n) is 12.6. The fraction of sp³-hybridized carbons (Fsp3) is 0.458. The number of aromatic amines is 1. The van der Waals surface area contributed by atoms with Crippen LogP contribution in [-0.4, -0.2) is 118 Å². The molecule has 1 saturated carbocycles. The van der Waals surface area contributed by atoms with Gasteiger partial charge in [-0.1, -0.05) is 59.6 Å². The molecule has 65 heavy (non-hydrogen) atoms. The van der Waals surface area contributed by atoms with Crippen LogP contribution in [0.4, 0.5) is 0 Å². The van der Waals surface area contributed by atoms with Gasteiger partial charge >= 0.3 is 0 Å².